The van der Waals surface area contributed by atoms with Gasteiger partial charge < -0.3 is 27.9 Å². The lowest BCUT2D eigenvalue weighted by molar-refractivity contribution is 0.00578. The molecule has 0 bridgehead atoms. The Kier molecular flexibility index (Phi) is 17.0. The Balaban J connectivity index is 0.000000197. The molecule has 0 aliphatic carbocycles. The van der Waals surface area contributed by atoms with E-state index in [0.29, 0.717) is 12.8 Å². The molecular weight excluding hydrogens is 957 g/mol. The van der Waals surface area contributed by atoms with Gasteiger partial charge in [0.25, 0.3) is 0 Å². The second-order valence-electron chi connectivity index (χ2n) is 23.5. The predicted octanol–water partition coefficient (Wildman–Crippen LogP) is 12.4. The molecule has 0 N–H and O–H groups in total. The summed E-state index contributed by atoms with van der Waals surface area (Å²) in [7, 11) is -1.31. The fraction of sp³-hybridized carbons (Fsp3) is 0.615. The van der Waals surface area contributed by atoms with Gasteiger partial charge in [-0.25, -0.2) is 9.97 Å². The highest BCUT2D eigenvalue weighted by Crippen LogP contribution is 2.43. The Morgan fingerprint density at radius 1 is 0.544 bits per heavy atom. The third-order valence-corrected chi connectivity index (χ3v) is 17.5. The monoisotopic (exact) mass is 1030 g/mol. The first-order valence-corrected chi connectivity index (χ1v) is 26.3. The van der Waals surface area contributed by atoms with Crippen molar-refractivity contribution in [1.29, 1.82) is 0 Å². The number of carbonyl (C=O) groups is 2. The Labute approximate surface area is 425 Å². The van der Waals surface area contributed by atoms with Gasteiger partial charge in [-0.2, -0.15) is 0 Å². The van der Waals surface area contributed by atoms with Crippen molar-refractivity contribution in [2.24, 2.45) is 0 Å². The minimum atomic E-state index is -0.476. The molecular formula is C52H76B3BrN2O8S2. The van der Waals surface area contributed by atoms with Crippen molar-refractivity contribution in [2.45, 2.75) is 209 Å². The molecule has 0 amide bonds. The molecule has 3 aliphatic heterocycles. The number of Topliss-reactive ketones (excluding diaryl/α,β-unsaturated/α-hetero) is 2. The third-order valence-electron chi connectivity index (χ3n) is 14.0. The SMILES string of the molecule is CC1(C)OB(B2OC(C)(C)C(C)(C)O2)OC1(C)C.Cc1cc(B2OC(C)(C)C(C)(C)O2)ccc1CCC(=O)c1cnc(C(C)(C)C)s1.Cc1cc(Br)ccc1CCC(=O)c1cnc(C(C)(C)C)s1. The molecule has 7 rings (SSSR count). The van der Waals surface area contributed by atoms with E-state index in [-0.39, 0.29) is 63.1 Å². The van der Waals surface area contributed by atoms with Gasteiger partial charge in [0, 0.05) is 40.5 Å². The molecule has 68 heavy (non-hydrogen) atoms. The largest absolute Gasteiger partial charge is 0.494 e. The Morgan fingerprint density at radius 3 is 1.21 bits per heavy atom. The average Bonchev–Trinajstić information content (AvgIpc) is 4.01. The van der Waals surface area contributed by atoms with Gasteiger partial charge in [0.15, 0.2) is 11.6 Å². The number of carbonyl (C=O) groups excluding carboxylic acids is 2. The molecule has 5 heterocycles. The number of aryl methyl sites for hydroxylation is 4. The highest BCUT2D eigenvalue weighted by atomic mass is 79.9. The quantitative estimate of drug-likeness (QED) is 0.112. The number of thiazole rings is 2. The van der Waals surface area contributed by atoms with Crippen LogP contribution in [0.1, 0.15) is 189 Å². The molecule has 0 atom stereocenters. The van der Waals surface area contributed by atoms with Gasteiger partial charge >= 0.3 is 21.1 Å². The molecule has 0 unspecified atom stereocenters. The number of hydrogen-bond acceptors (Lipinski definition) is 12. The van der Waals surface area contributed by atoms with Crippen molar-refractivity contribution >= 4 is 76.8 Å². The molecule has 0 radical (unpaired) electrons. The summed E-state index contributed by atoms with van der Waals surface area (Å²) in [6, 6.07) is 12.5. The van der Waals surface area contributed by atoms with E-state index >= 15 is 0 Å². The highest BCUT2D eigenvalue weighted by Gasteiger charge is 2.63. The fourth-order valence-corrected chi connectivity index (χ4v) is 9.66. The van der Waals surface area contributed by atoms with E-state index in [2.05, 4.69) is 139 Å². The molecule has 2 aromatic carbocycles. The minimum absolute atomic E-state index is 0.00545. The maximum atomic E-state index is 12.6. The molecule has 2 aromatic heterocycles. The average molecular weight is 1030 g/mol. The smallest absolute Gasteiger partial charge is 0.405 e. The molecule has 0 spiro atoms. The van der Waals surface area contributed by atoms with Crippen molar-refractivity contribution in [3.8, 4) is 0 Å². The standard InChI is InChI=1S/C23H32BNO3S.C17H20BrNOS.C12H24B2O4/c1-15-13-17(24-27-22(5,6)23(7,8)28-24)11-9-16(15)10-12-18(26)19-14-25-20(29-19)21(2,3)4;1-11-9-13(18)7-5-12(11)6-8-14(20)15-10-19-16(21-15)17(2,3)4;1-9(2)10(3,4)16-13(15-9)14-17-11(5,6)12(7,8)18-14/h9,11,13-14H,10,12H2,1-8H3;5,7,9-10H,6,8H2,1-4H3;1-8H3. The van der Waals surface area contributed by atoms with Crippen molar-refractivity contribution in [3.63, 3.8) is 0 Å². The number of nitrogens with zero attached hydrogens (tertiary/aromatic N) is 2. The van der Waals surface area contributed by atoms with Gasteiger partial charge in [-0.15, -0.1) is 22.7 Å². The number of aromatic nitrogens is 2. The number of benzene rings is 2. The van der Waals surface area contributed by atoms with Crippen LogP contribution in [0.25, 0.3) is 0 Å². The first kappa shape index (κ1) is 56.4. The number of halogens is 1. The van der Waals surface area contributed by atoms with Gasteiger partial charge in [-0.1, -0.05) is 81.7 Å². The van der Waals surface area contributed by atoms with Crippen LogP contribution in [0.4, 0.5) is 0 Å². The topological polar surface area (TPSA) is 115 Å². The summed E-state index contributed by atoms with van der Waals surface area (Å²) in [6.07, 6.45) is 5.97. The third kappa shape index (κ3) is 13.3. The van der Waals surface area contributed by atoms with Crippen LogP contribution in [0.5, 0.6) is 0 Å². The summed E-state index contributed by atoms with van der Waals surface area (Å²) in [5.74, 6) is 0.345. The van der Waals surface area contributed by atoms with Crippen molar-refractivity contribution in [2.75, 3.05) is 0 Å². The molecule has 3 saturated heterocycles. The van der Waals surface area contributed by atoms with Crippen molar-refractivity contribution < 1.29 is 37.5 Å². The molecule has 3 aliphatic rings. The Morgan fingerprint density at radius 2 is 0.882 bits per heavy atom. The van der Waals surface area contributed by atoms with E-state index < -0.39 is 14.0 Å². The van der Waals surface area contributed by atoms with Gasteiger partial charge in [-0.05, 0) is 150 Å². The molecule has 16 heteroatoms. The lowest BCUT2D eigenvalue weighted by Gasteiger charge is -2.32. The molecule has 4 aromatic rings. The zero-order chi connectivity index (χ0) is 51.2. The van der Waals surface area contributed by atoms with Gasteiger partial charge in [0.05, 0.1) is 53.4 Å². The predicted molar refractivity (Wildman–Crippen MR) is 285 cm³/mol. The van der Waals surface area contributed by atoms with Crippen LogP contribution >= 0.6 is 38.6 Å². The van der Waals surface area contributed by atoms with Crippen LogP contribution < -0.4 is 5.46 Å². The van der Waals surface area contributed by atoms with Crippen molar-refractivity contribution in [3.05, 3.63) is 95.3 Å². The lowest BCUT2D eigenvalue weighted by Crippen LogP contribution is -2.41. The molecule has 0 saturated carbocycles. The lowest BCUT2D eigenvalue weighted by atomic mass is 9.49. The van der Waals surface area contributed by atoms with E-state index in [9.17, 15) is 9.59 Å². The summed E-state index contributed by atoms with van der Waals surface area (Å²) in [5.41, 5.74) is 3.65. The second kappa shape index (κ2) is 20.5. The van der Waals surface area contributed by atoms with Crippen LogP contribution in [-0.4, -0.2) is 76.3 Å². The van der Waals surface area contributed by atoms with E-state index in [1.165, 1.54) is 39.4 Å². The van der Waals surface area contributed by atoms with Crippen molar-refractivity contribution in [1.82, 2.24) is 9.97 Å². The van der Waals surface area contributed by atoms with Crippen LogP contribution in [0.15, 0.2) is 53.3 Å². The maximum Gasteiger partial charge on any atom is 0.494 e. The zero-order valence-corrected chi connectivity index (χ0v) is 47.8. The Bertz CT molecular complexity index is 2350. The molecule has 370 valence electrons. The summed E-state index contributed by atoms with van der Waals surface area (Å²) in [6.45, 7) is 41.3. The summed E-state index contributed by atoms with van der Waals surface area (Å²) < 4.78 is 37.2. The first-order chi connectivity index (χ1) is 30.9. The second-order valence-corrected chi connectivity index (χ2v) is 26.5. The highest BCUT2D eigenvalue weighted by molar-refractivity contribution is 9.10. The van der Waals surface area contributed by atoms with Crippen LogP contribution in [-0.2, 0) is 51.6 Å². The Hall–Kier alpha value is -2.53. The van der Waals surface area contributed by atoms with E-state index in [1.54, 1.807) is 12.4 Å². The number of hydrogen-bond donors (Lipinski definition) is 0. The maximum absolute atomic E-state index is 12.6. The van der Waals surface area contributed by atoms with E-state index in [1.807, 2.05) is 61.5 Å². The summed E-state index contributed by atoms with van der Waals surface area (Å²) in [5, 5.41) is 2.02. The van der Waals surface area contributed by atoms with E-state index in [4.69, 9.17) is 27.9 Å². The normalized spacial score (nSPS) is 19.9. The summed E-state index contributed by atoms with van der Waals surface area (Å²) in [4.78, 5) is 35.3. The van der Waals surface area contributed by atoms with Gasteiger partial charge in [0.1, 0.15) is 0 Å². The molecule has 10 nitrogen and oxygen atoms in total. The van der Waals surface area contributed by atoms with Crippen LogP contribution in [0.2, 0.25) is 0 Å². The van der Waals surface area contributed by atoms with E-state index in [0.717, 1.165) is 48.1 Å². The number of ketones is 2. The van der Waals surface area contributed by atoms with Gasteiger partial charge in [-0.3, -0.25) is 9.59 Å². The fourth-order valence-electron chi connectivity index (χ4n) is 7.31. The molecule has 3 fully saturated rings. The number of rotatable bonds is 10. The van der Waals surface area contributed by atoms with Crippen LogP contribution in [0.3, 0.4) is 0 Å². The summed E-state index contributed by atoms with van der Waals surface area (Å²) >= 11 is 6.49. The van der Waals surface area contributed by atoms with Gasteiger partial charge in [0.2, 0.25) is 0 Å². The first-order valence-electron chi connectivity index (χ1n) is 23.9. The minimum Gasteiger partial charge on any atom is -0.405 e. The van der Waals surface area contributed by atoms with Crippen LogP contribution in [0, 0.1) is 13.8 Å². The zero-order valence-electron chi connectivity index (χ0n) is 44.5.